The summed E-state index contributed by atoms with van der Waals surface area (Å²) in [6.45, 7) is 3.62. The molecule has 0 saturated heterocycles. The first kappa shape index (κ1) is 12.9. The summed E-state index contributed by atoms with van der Waals surface area (Å²) in [5, 5.41) is 11.4. The average Bonchev–Trinajstić information content (AvgIpc) is 2.72. The van der Waals surface area contributed by atoms with Crippen LogP contribution in [0.1, 0.15) is 28.6 Å². The molecule has 1 aromatic heterocycles. The lowest BCUT2D eigenvalue weighted by Crippen LogP contribution is -2.01. The predicted molar refractivity (Wildman–Crippen MR) is 76.1 cm³/mol. The van der Waals surface area contributed by atoms with E-state index in [0.29, 0.717) is 16.9 Å². The molecule has 0 amide bonds. The van der Waals surface area contributed by atoms with Crippen LogP contribution in [0.15, 0.2) is 46.9 Å². The van der Waals surface area contributed by atoms with Crippen LogP contribution < -0.4 is 0 Å². The van der Waals surface area contributed by atoms with E-state index in [4.69, 9.17) is 4.42 Å². The monoisotopic (exact) mass is 270 g/mol. The molecule has 1 atom stereocenters. The molecule has 102 valence electrons. The van der Waals surface area contributed by atoms with Crippen LogP contribution in [-0.2, 0) is 0 Å². The topological polar surface area (TPSA) is 33.4 Å². The van der Waals surface area contributed by atoms with Crippen LogP contribution in [0.2, 0.25) is 0 Å². The Morgan fingerprint density at radius 1 is 1.10 bits per heavy atom. The molecule has 2 aromatic carbocycles. The summed E-state index contributed by atoms with van der Waals surface area (Å²) in [7, 11) is 0. The number of hydrogen-bond acceptors (Lipinski definition) is 2. The Kier molecular flexibility index (Phi) is 3.07. The van der Waals surface area contributed by atoms with Crippen LogP contribution >= 0.6 is 0 Å². The summed E-state index contributed by atoms with van der Waals surface area (Å²) in [6.07, 6.45) is -0.895. The SMILES string of the molecule is Cc1cc(F)cc(C(O)c2c(C)oc3ccccc23)c1. The second-order valence-corrected chi connectivity index (χ2v) is 5.03. The van der Waals surface area contributed by atoms with Crippen molar-refractivity contribution in [3.8, 4) is 0 Å². The van der Waals surface area contributed by atoms with E-state index in [2.05, 4.69) is 0 Å². The van der Waals surface area contributed by atoms with Crippen LogP contribution in [-0.4, -0.2) is 5.11 Å². The summed E-state index contributed by atoms with van der Waals surface area (Å²) >= 11 is 0. The van der Waals surface area contributed by atoms with Crippen LogP contribution in [0.3, 0.4) is 0 Å². The minimum absolute atomic E-state index is 0.343. The van der Waals surface area contributed by atoms with Gasteiger partial charge in [-0.15, -0.1) is 0 Å². The van der Waals surface area contributed by atoms with Crippen molar-refractivity contribution in [2.24, 2.45) is 0 Å². The van der Waals surface area contributed by atoms with Gasteiger partial charge in [-0.25, -0.2) is 4.39 Å². The molecule has 3 aromatic rings. The number of hydrogen-bond donors (Lipinski definition) is 1. The van der Waals surface area contributed by atoms with Crippen molar-refractivity contribution in [1.82, 2.24) is 0 Å². The third-order valence-corrected chi connectivity index (χ3v) is 3.47. The fraction of sp³-hybridized carbons (Fsp3) is 0.176. The first-order valence-corrected chi connectivity index (χ1v) is 6.49. The van der Waals surface area contributed by atoms with Gasteiger partial charge in [0.05, 0.1) is 0 Å². The number of aliphatic hydroxyl groups is 1. The molecule has 3 rings (SSSR count). The van der Waals surface area contributed by atoms with Gasteiger partial charge in [0.15, 0.2) is 0 Å². The van der Waals surface area contributed by atoms with Crippen molar-refractivity contribution in [2.75, 3.05) is 0 Å². The molecular weight excluding hydrogens is 255 g/mol. The van der Waals surface area contributed by atoms with E-state index >= 15 is 0 Å². The van der Waals surface area contributed by atoms with Gasteiger partial charge in [0, 0.05) is 10.9 Å². The fourth-order valence-electron chi connectivity index (χ4n) is 2.62. The first-order chi connectivity index (χ1) is 9.56. The van der Waals surface area contributed by atoms with Crippen molar-refractivity contribution in [3.63, 3.8) is 0 Å². The quantitative estimate of drug-likeness (QED) is 0.754. The van der Waals surface area contributed by atoms with E-state index in [0.717, 1.165) is 16.5 Å². The molecule has 20 heavy (non-hydrogen) atoms. The van der Waals surface area contributed by atoms with E-state index in [-0.39, 0.29) is 5.82 Å². The van der Waals surface area contributed by atoms with E-state index in [1.807, 2.05) is 31.2 Å². The Morgan fingerprint density at radius 2 is 1.85 bits per heavy atom. The van der Waals surface area contributed by atoms with E-state index in [1.165, 1.54) is 12.1 Å². The van der Waals surface area contributed by atoms with Gasteiger partial charge in [-0.2, -0.15) is 0 Å². The highest BCUT2D eigenvalue weighted by Crippen LogP contribution is 2.34. The number of furan rings is 1. The number of benzene rings is 2. The van der Waals surface area contributed by atoms with Gasteiger partial charge in [-0.1, -0.05) is 24.3 Å². The Hall–Kier alpha value is -2.13. The summed E-state index contributed by atoms with van der Waals surface area (Å²) < 4.78 is 19.2. The fourth-order valence-corrected chi connectivity index (χ4v) is 2.62. The van der Waals surface area contributed by atoms with Crippen LogP contribution in [0.25, 0.3) is 11.0 Å². The lowest BCUT2D eigenvalue weighted by atomic mass is 9.97. The molecular formula is C17H15FO2. The number of aliphatic hydroxyl groups excluding tert-OH is 1. The molecule has 0 aliphatic heterocycles. The van der Waals surface area contributed by atoms with Gasteiger partial charge in [-0.3, -0.25) is 0 Å². The van der Waals surface area contributed by atoms with Gasteiger partial charge in [0.2, 0.25) is 0 Å². The highest BCUT2D eigenvalue weighted by atomic mass is 19.1. The second-order valence-electron chi connectivity index (χ2n) is 5.03. The number of rotatable bonds is 2. The van der Waals surface area contributed by atoms with Crippen molar-refractivity contribution in [2.45, 2.75) is 20.0 Å². The molecule has 2 nitrogen and oxygen atoms in total. The second kappa shape index (κ2) is 4.76. The van der Waals surface area contributed by atoms with E-state index < -0.39 is 6.10 Å². The van der Waals surface area contributed by atoms with Crippen LogP contribution in [0.4, 0.5) is 4.39 Å². The Morgan fingerprint density at radius 3 is 2.60 bits per heavy atom. The standard InChI is InChI=1S/C17H15FO2/c1-10-7-12(9-13(18)8-10)17(19)16-11(2)20-15-6-4-3-5-14(15)16/h3-9,17,19H,1-2H3. The largest absolute Gasteiger partial charge is 0.461 e. The van der Waals surface area contributed by atoms with Crippen molar-refractivity contribution in [1.29, 1.82) is 0 Å². The Bertz CT molecular complexity index is 754. The molecule has 1 unspecified atom stereocenters. The highest BCUT2D eigenvalue weighted by molar-refractivity contribution is 5.83. The zero-order valence-electron chi connectivity index (χ0n) is 11.4. The molecule has 3 heteroatoms. The van der Waals surface area contributed by atoms with Crippen molar-refractivity contribution >= 4 is 11.0 Å². The summed E-state index contributed by atoms with van der Waals surface area (Å²) in [5.41, 5.74) is 2.75. The molecule has 0 radical (unpaired) electrons. The number of fused-ring (bicyclic) bond motifs is 1. The van der Waals surface area contributed by atoms with Crippen LogP contribution in [0.5, 0.6) is 0 Å². The lowest BCUT2D eigenvalue weighted by Gasteiger charge is -2.12. The molecule has 0 saturated carbocycles. The molecule has 1 heterocycles. The molecule has 0 fully saturated rings. The molecule has 0 aliphatic rings. The Labute approximate surface area is 116 Å². The van der Waals surface area contributed by atoms with Crippen molar-refractivity contribution < 1.29 is 13.9 Å². The maximum Gasteiger partial charge on any atom is 0.134 e. The first-order valence-electron chi connectivity index (χ1n) is 6.49. The minimum Gasteiger partial charge on any atom is -0.461 e. The van der Waals surface area contributed by atoms with Gasteiger partial charge in [0.1, 0.15) is 23.3 Å². The van der Waals surface area contributed by atoms with E-state index in [1.54, 1.807) is 13.0 Å². The smallest absolute Gasteiger partial charge is 0.134 e. The Balaban J connectivity index is 2.17. The number of halogens is 1. The zero-order valence-corrected chi connectivity index (χ0v) is 11.4. The maximum atomic E-state index is 13.5. The van der Waals surface area contributed by atoms with Gasteiger partial charge >= 0.3 is 0 Å². The summed E-state index contributed by atoms with van der Waals surface area (Å²) in [4.78, 5) is 0. The molecule has 0 bridgehead atoms. The molecule has 1 N–H and O–H groups in total. The van der Waals surface area contributed by atoms with Crippen LogP contribution in [0, 0.1) is 19.7 Å². The minimum atomic E-state index is -0.895. The van der Waals surface area contributed by atoms with Gasteiger partial charge in [-0.05, 0) is 43.2 Å². The number of aryl methyl sites for hydroxylation is 2. The summed E-state index contributed by atoms with van der Waals surface area (Å²) in [5.74, 6) is 0.310. The number of para-hydroxylation sites is 1. The molecule has 0 spiro atoms. The predicted octanol–water partition coefficient (Wildman–Crippen LogP) is 4.27. The highest BCUT2D eigenvalue weighted by Gasteiger charge is 2.20. The third kappa shape index (κ3) is 2.10. The van der Waals surface area contributed by atoms with Gasteiger partial charge in [0.25, 0.3) is 0 Å². The average molecular weight is 270 g/mol. The molecule has 0 aliphatic carbocycles. The van der Waals surface area contributed by atoms with Crippen molar-refractivity contribution in [3.05, 3.63) is 70.7 Å². The zero-order chi connectivity index (χ0) is 14.3. The third-order valence-electron chi connectivity index (χ3n) is 3.47. The summed E-state index contributed by atoms with van der Waals surface area (Å²) in [6, 6.07) is 12.1. The maximum absolute atomic E-state index is 13.5. The lowest BCUT2D eigenvalue weighted by molar-refractivity contribution is 0.218. The normalized spacial score (nSPS) is 12.8. The van der Waals surface area contributed by atoms with Gasteiger partial charge < -0.3 is 9.52 Å². The van der Waals surface area contributed by atoms with E-state index in [9.17, 15) is 9.50 Å².